The highest BCUT2D eigenvalue weighted by atomic mass is 19.2. The Morgan fingerprint density at radius 2 is 1.70 bits per heavy atom. The number of morpholine rings is 1. The molecule has 7 nitrogen and oxygen atoms in total. The molecule has 11 heteroatoms. The Bertz CT molecular complexity index is 1720. The number of ether oxygens (including phenoxy) is 1. The van der Waals surface area contributed by atoms with Crippen LogP contribution in [0.4, 0.5) is 23.2 Å². The second kappa shape index (κ2) is 12.9. The first-order valence-corrected chi connectivity index (χ1v) is 14.3. The lowest BCUT2D eigenvalue weighted by Crippen LogP contribution is -2.41. The number of fused-ring (bicyclic) bond motifs is 1. The summed E-state index contributed by atoms with van der Waals surface area (Å²) in [5.41, 5.74) is 2.99. The van der Waals surface area contributed by atoms with Crippen LogP contribution < -0.4 is 10.6 Å². The van der Waals surface area contributed by atoms with Gasteiger partial charge in [0.15, 0.2) is 11.6 Å². The number of halogens is 4. The summed E-state index contributed by atoms with van der Waals surface area (Å²) < 4.78 is 61.7. The third-order valence-corrected chi connectivity index (χ3v) is 7.82. The minimum absolute atomic E-state index is 0.0592. The maximum absolute atomic E-state index is 15.0. The van der Waals surface area contributed by atoms with Crippen molar-refractivity contribution < 1.29 is 27.1 Å². The molecule has 0 radical (unpaired) electrons. The number of carbonyl (C=O) groups is 1. The lowest BCUT2D eigenvalue weighted by molar-refractivity contribution is -0.116. The molecule has 1 unspecified atom stereocenters. The first kappa shape index (κ1) is 29.5. The van der Waals surface area contributed by atoms with Crippen LogP contribution in [0.2, 0.25) is 0 Å². The number of amides is 1. The van der Waals surface area contributed by atoms with E-state index in [9.17, 15) is 22.4 Å². The molecule has 0 aliphatic carbocycles. The Morgan fingerprint density at radius 3 is 2.45 bits per heavy atom. The highest BCUT2D eigenvalue weighted by molar-refractivity contribution is 5.92. The Balaban J connectivity index is 1.09. The van der Waals surface area contributed by atoms with E-state index in [2.05, 4.69) is 25.6 Å². The predicted octanol–water partition coefficient (Wildman–Crippen LogP) is 6.34. The van der Waals surface area contributed by atoms with Gasteiger partial charge < -0.3 is 20.4 Å². The molecule has 0 bridgehead atoms. The summed E-state index contributed by atoms with van der Waals surface area (Å²) in [6, 6.07) is 17.3. The van der Waals surface area contributed by atoms with Gasteiger partial charge in [-0.1, -0.05) is 42.5 Å². The topological polar surface area (TPSA) is 91.9 Å². The first-order chi connectivity index (χ1) is 21.3. The third-order valence-electron chi connectivity index (χ3n) is 7.82. The summed E-state index contributed by atoms with van der Waals surface area (Å²) in [7, 11) is 0. The van der Waals surface area contributed by atoms with E-state index in [1.54, 1.807) is 12.1 Å². The summed E-state index contributed by atoms with van der Waals surface area (Å²) in [5.74, 6) is -2.99. The Kier molecular flexibility index (Phi) is 8.67. The van der Waals surface area contributed by atoms with Gasteiger partial charge in [-0.3, -0.25) is 9.78 Å². The molecule has 6 rings (SSSR count). The van der Waals surface area contributed by atoms with Gasteiger partial charge in [0.2, 0.25) is 5.91 Å². The van der Waals surface area contributed by atoms with Crippen molar-refractivity contribution in [2.45, 2.75) is 37.3 Å². The van der Waals surface area contributed by atoms with E-state index in [-0.39, 0.29) is 54.9 Å². The Labute approximate surface area is 250 Å². The largest absolute Gasteiger partial charge is 0.375 e. The average molecular weight is 604 g/mol. The molecule has 3 atom stereocenters. The van der Waals surface area contributed by atoms with Crippen LogP contribution in [-0.4, -0.2) is 40.1 Å². The van der Waals surface area contributed by atoms with Crippen molar-refractivity contribution in [2.75, 3.05) is 18.5 Å². The van der Waals surface area contributed by atoms with Crippen LogP contribution in [0.5, 0.6) is 0 Å². The van der Waals surface area contributed by atoms with Crippen molar-refractivity contribution >= 4 is 22.6 Å². The number of anilines is 1. The minimum Gasteiger partial charge on any atom is -0.375 e. The number of hydrogen-bond acceptors (Lipinski definition) is 5. The fourth-order valence-corrected chi connectivity index (χ4v) is 5.50. The number of rotatable bonds is 9. The molecular formula is C33H29F4N5O2. The van der Waals surface area contributed by atoms with Gasteiger partial charge in [-0.25, -0.2) is 22.5 Å². The van der Waals surface area contributed by atoms with Crippen LogP contribution in [0.3, 0.4) is 0 Å². The van der Waals surface area contributed by atoms with Gasteiger partial charge in [-0.2, -0.15) is 0 Å². The van der Waals surface area contributed by atoms with Gasteiger partial charge in [0.1, 0.15) is 17.5 Å². The maximum Gasteiger partial charge on any atom is 0.225 e. The van der Waals surface area contributed by atoms with Crippen molar-refractivity contribution in [1.82, 2.24) is 20.3 Å². The lowest BCUT2D eigenvalue weighted by atomic mass is 9.88. The molecule has 1 fully saturated rings. The van der Waals surface area contributed by atoms with Crippen molar-refractivity contribution in [3.05, 3.63) is 125 Å². The molecule has 5 aromatic rings. The molecule has 1 saturated heterocycles. The normalized spacial score (nSPS) is 17.5. The van der Waals surface area contributed by atoms with E-state index < -0.39 is 17.5 Å². The van der Waals surface area contributed by atoms with E-state index in [1.807, 2.05) is 30.3 Å². The van der Waals surface area contributed by atoms with E-state index in [4.69, 9.17) is 4.74 Å². The SMILES string of the molecule is O=C(CC(c1ccccc1)c1ccc(F)cc1)Nc1cncc(F)c1CC[C@@H]1CN[C@H](c2nc3cc(F)c(F)cc3[nH]2)CO1. The highest BCUT2D eigenvalue weighted by Crippen LogP contribution is 2.30. The highest BCUT2D eigenvalue weighted by Gasteiger charge is 2.26. The molecule has 0 spiro atoms. The lowest BCUT2D eigenvalue weighted by Gasteiger charge is -2.29. The fraction of sp³-hybridized carbons (Fsp3) is 0.242. The average Bonchev–Trinajstić information content (AvgIpc) is 3.43. The van der Waals surface area contributed by atoms with Crippen molar-refractivity contribution in [3.8, 4) is 0 Å². The zero-order chi connectivity index (χ0) is 30.6. The number of pyridine rings is 1. The number of carbonyl (C=O) groups excluding carboxylic acids is 1. The van der Waals surface area contributed by atoms with E-state index in [0.29, 0.717) is 35.4 Å². The van der Waals surface area contributed by atoms with Crippen molar-refractivity contribution in [2.24, 2.45) is 0 Å². The predicted molar refractivity (Wildman–Crippen MR) is 157 cm³/mol. The number of aromatic amines is 1. The van der Waals surface area contributed by atoms with Crippen LogP contribution in [0.1, 0.15) is 47.3 Å². The van der Waals surface area contributed by atoms with Gasteiger partial charge in [0.25, 0.3) is 0 Å². The maximum atomic E-state index is 15.0. The van der Waals surface area contributed by atoms with Crippen molar-refractivity contribution in [3.63, 3.8) is 0 Å². The summed E-state index contributed by atoms with van der Waals surface area (Å²) in [6.07, 6.45) is 3.09. The fourth-order valence-electron chi connectivity index (χ4n) is 5.50. The number of nitrogens with zero attached hydrogens (tertiary/aromatic N) is 2. The molecule has 3 aromatic carbocycles. The Hall–Kier alpha value is -4.61. The quantitative estimate of drug-likeness (QED) is 0.171. The van der Waals surface area contributed by atoms with Crippen LogP contribution in [0, 0.1) is 23.3 Å². The molecule has 0 saturated carbocycles. The molecule has 3 heterocycles. The smallest absolute Gasteiger partial charge is 0.225 e. The first-order valence-electron chi connectivity index (χ1n) is 14.3. The summed E-state index contributed by atoms with van der Waals surface area (Å²) in [5, 5.41) is 6.16. The Morgan fingerprint density at radius 1 is 0.955 bits per heavy atom. The number of aromatic nitrogens is 3. The molecular weight excluding hydrogens is 574 g/mol. The molecule has 2 aromatic heterocycles. The van der Waals surface area contributed by atoms with Crippen LogP contribution in [-0.2, 0) is 16.0 Å². The number of H-pyrrole nitrogens is 1. The summed E-state index contributed by atoms with van der Waals surface area (Å²) in [4.78, 5) is 24.6. The van der Waals surface area contributed by atoms with Crippen LogP contribution in [0.25, 0.3) is 11.0 Å². The molecule has 3 N–H and O–H groups in total. The monoisotopic (exact) mass is 603 g/mol. The van der Waals surface area contributed by atoms with Crippen LogP contribution >= 0.6 is 0 Å². The molecule has 1 aliphatic heterocycles. The van der Waals surface area contributed by atoms with E-state index in [0.717, 1.165) is 29.5 Å². The standard InChI is InChI=1S/C33H29F4N5O2/c34-21-8-6-20(7-9-21)24(19-4-2-1-3-5-19)12-32(43)40-30-17-38-16-27(37)23(30)11-10-22-15-39-31(18-44-22)33-41-28-13-25(35)26(36)14-29(28)42-33/h1-9,13-14,16-17,22,24,31,39H,10-12,15,18H2,(H,40,43)(H,41,42)/t22-,24?,31+/m1/s1. The third kappa shape index (κ3) is 6.63. The minimum atomic E-state index is -0.966. The molecule has 1 aliphatic rings. The zero-order valence-corrected chi connectivity index (χ0v) is 23.5. The van der Waals surface area contributed by atoms with E-state index >= 15 is 0 Å². The molecule has 1 amide bonds. The van der Waals surface area contributed by atoms with Crippen molar-refractivity contribution in [1.29, 1.82) is 0 Å². The number of hydrogen-bond donors (Lipinski definition) is 3. The van der Waals surface area contributed by atoms with Gasteiger partial charge in [0.05, 0.1) is 47.9 Å². The summed E-state index contributed by atoms with van der Waals surface area (Å²) in [6.45, 7) is 0.692. The van der Waals surface area contributed by atoms with Gasteiger partial charge in [-0.15, -0.1) is 0 Å². The number of imidazole rings is 1. The van der Waals surface area contributed by atoms with Gasteiger partial charge in [0, 0.05) is 36.6 Å². The molecule has 226 valence electrons. The zero-order valence-electron chi connectivity index (χ0n) is 23.5. The summed E-state index contributed by atoms with van der Waals surface area (Å²) >= 11 is 0. The second-order valence-corrected chi connectivity index (χ2v) is 10.8. The van der Waals surface area contributed by atoms with Gasteiger partial charge in [-0.05, 0) is 36.1 Å². The van der Waals surface area contributed by atoms with E-state index in [1.165, 1.54) is 18.3 Å². The van der Waals surface area contributed by atoms with Gasteiger partial charge >= 0.3 is 0 Å². The number of nitrogens with one attached hydrogen (secondary N) is 3. The molecule has 44 heavy (non-hydrogen) atoms. The second-order valence-electron chi connectivity index (χ2n) is 10.8. The number of benzene rings is 3. The van der Waals surface area contributed by atoms with Crippen LogP contribution in [0.15, 0.2) is 79.1 Å².